The van der Waals surface area contributed by atoms with Gasteiger partial charge in [-0.05, 0) is 31.2 Å². The molecule has 5 heteroatoms. The van der Waals surface area contributed by atoms with Crippen molar-refractivity contribution in [2.75, 3.05) is 0 Å². The zero-order valence-electron chi connectivity index (χ0n) is 10.4. The van der Waals surface area contributed by atoms with Crippen LogP contribution in [0, 0.1) is 11.6 Å². The van der Waals surface area contributed by atoms with E-state index < -0.39 is 17.7 Å². The number of nitrogens with two attached hydrogens (primary N) is 1. The molecule has 0 aliphatic heterocycles. The number of hydrogen-bond donors (Lipinski definition) is 1. The van der Waals surface area contributed by atoms with E-state index in [2.05, 4.69) is 4.98 Å². The topological polar surface area (TPSA) is 48.1 Å². The number of halogens is 2. The molecule has 1 heterocycles. The fourth-order valence-corrected chi connectivity index (χ4v) is 1.68. The van der Waals surface area contributed by atoms with Crippen LogP contribution < -0.4 is 10.5 Å². The lowest BCUT2D eigenvalue weighted by Crippen LogP contribution is -2.29. The van der Waals surface area contributed by atoms with Crippen LogP contribution in [0.5, 0.6) is 5.75 Å². The molecule has 2 unspecified atom stereocenters. The number of nitrogens with zero attached hydrogens (tertiary/aromatic N) is 1. The van der Waals surface area contributed by atoms with Crippen molar-refractivity contribution >= 4 is 0 Å². The highest BCUT2D eigenvalue weighted by molar-refractivity contribution is 5.25. The first-order valence-corrected chi connectivity index (χ1v) is 5.86. The van der Waals surface area contributed by atoms with E-state index in [0.29, 0.717) is 5.69 Å². The Bertz CT molecular complexity index is 546. The summed E-state index contributed by atoms with van der Waals surface area (Å²) in [5.41, 5.74) is 6.49. The third-order valence-electron chi connectivity index (χ3n) is 2.61. The summed E-state index contributed by atoms with van der Waals surface area (Å²) >= 11 is 0. The van der Waals surface area contributed by atoms with Gasteiger partial charge in [0.05, 0.1) is 5.69 Å². The highest BCUT2D eigenvalue weighted by atomic mass is 19.2. The molecular formula is C14H14F2N2O. The van der Waals surface area contributed by atoms with E-state index in [9.17, 15) is 8.78 Å². The average Bonchev–Trinajstić information content (AvgIpc) is 2.40. The molecule has 0 aliphatic carbocycles. The summed E-state index contributed by atoms with van der Waals surface area (Å²) in [7, 11) is 0. The maximum Gasteiger partial charge on any atom is 0.162 e. The van der Waals surface area contributed by atoms with Gasteiger partial charge in [0.1, 0.15) is 5.75 Å². The zero-order valence-corrected chi connectivity index (χ0v) is 10.4. The van der Waals surface area contributed by atoms with Crippen molar-refractivity contribution < 1.29 is 13.5 Å². The summed E-state index contributed by atoms with van der Waals surface area (Å²) in [5.74, 6) is -1.66. The molecule has 2 N–H and O–H groups in total. The molecule has 0 fully saturated rings. The predicted molar refractivity (Wildman–Crippen MR) is 67.6 cm³/mol. The van der Waals surface area contributed by atoms with E-state index >= 15 is 0 Å². The largest absolute Gasteiger partial charge is 0.482 e. The van der Waals surface area contributed by atoms with Crippen LogP contribution in [-0.4, -0.2) is 11.0 Å². The first-order chi connectivity index (χ1) is 9.08. The van der Waals surface area contributed by atoms with Gasteiger partial charge >= 0.3 is 0 Å². The van der Waals surface area contributed by atoms with Crippen molar-refractivity contribution in [1.29, 1.82) is 0 Å². The molecule has 2 rings (SSSR count). The molecule has 2 aromatic rings. The summed E-state index contributed by atoms with van der Waals surface area (Å²) < 4.78 is 31.6. The third kappa shape index (κ3) is 3.26. The third-order valence-corrected chi connectivity index (χ3v) is 2.61. The summed E-state index contributed by atoms with van der Waals surface area (Å²) in [6.07, 6.45) is 1.10. The maximum absolute atomic E-state index is 13.1. The Balaban J connectivity index is 2.24. The zero-order chi connectivity index (χ0) is 13.8. The monoisotopic (exact) mass is 264 g/mol. The van der Waals surface area contributed by atoms with Crippen LogP contribution in [0.1, 0.15) is 18.7 Å². The quantitative estimate of drug-likeness (QED) is 0.923. The second kappa shape index (κ2) is 5.75. The van der Waals surface area contributed by atoms with Crippen molar-refractivity contribution in [3.63, 3.8) is 0 Å². The van der Waals surface area contributed by atoms with Crippen molar-refractivity contribution in [2.24, 2.45) is 5.73 Å². The number of hydrogen-bond acceptors (Lipinski definition) is 3. The summed E-state index contributed by atoms with van der Waals surface area (Å²) in [5, 5.41) is 0. The van der Waals surface area contributed by atoms with Gasteiger partial charge in [-0.3, -0.25) is 4.98 Å². The number of benzene rings is 1. The Morgan fingerprint density at radius 2 is 1.95 bits per heavy atom. The molecule has 0 bridgehead atoms. The molecule has 0 aliphatic rings. The molecule has 19 heavy (non-hydrogen) atoms. The fraction of sp³-hybridized carbons (Fsp3) is 0.214. The summed E-state index contributed by atoms with van der Waals surface area (Å²) in [4.78, 5) is 4.16. The van der Waals surface area contributed by atoms with E-state index in [1.165, 1.54) is 6.07 Å². The smallest absolute Gasteiger partial charge is 0.162 e. The average molecular weight is 264 g/mol. The van der Waals surface area contributed by atoms with Crippen LogP contribution in [0.4, 0.5) is 8.78 Å². The van der Waals surface area contributed by atoms with Crippen molar-refractivity contribution in [3.8, 4) is 5.75 Å². The highest BCUT2D eigenvalue weighted by Gasteiger charge is 2.20. The van der Waals surface area contributed by atoms with Crippen LogP contribution >= 0.6 is 0 Å². The SMILES string of the molecule is CC(N)C(Oc1ccc(F)c(F)c1)c1ccccn1. The lowest BCUT2D eigenvalue weighted by molar-refractivity contribution is 0.175. The number of rotatable bonds is 4. The number of pyridine rings is 1. The van der Waals surface area contributed by atoms with Gasteiger partial charge in [-0.2, -0.15) is 0 Å². The Hall–Kier alpha value is -2.01. The Labute approximate surface area is 110 Å². The van der Waals surface area contributed by atoms with Crippen molar-refractivity contribution in [3.05, 3.63) is 59.9 Å². The molecule has 0 saturated heterocycles. The molecule has 0 amide bonds. The molecule has 0 radical (unpaired) electrons. The van der Waals surface area contributed by atoms with Crippen LogP contribution in [0.2, 0.25) is 0 Å². The number of aromatic nitrogens is 1. The minimum Gasteiger partial charge on any atom is -0.482 e. The molecule has 100 valence electrons. The predicted octanol–water partition coefficient (Wildman–Crippen LogP) is 2.83. The number of ether oxygens (including phenoxy) is 1. The van der Waals surface area contributed by atoms with Gasteiger partial charge in [-0.1, -0.05) is 6.07 Å². The van der Waals surface area contributed by atoms with Crippen molar-refractivity contribution in [1.82, 2.24) is 4.98 Å². The maximum atomic E-state index is 13.1. The Kier molecular flexibility index (Phi) is 4.06. The van der Waals surface area contributed by atoms with Gasteiger partial charge in [0.2, 0.25) is 0 Å². The normalized spacial score (nSPS) is 13.9. The van der Waals surface area contributed by atoms with Gasteiger partial charge in [0.25, 0.3) is 0 Å². The second-order valence-corrected chi connectivity index (χ2v) is 4.23. The molecule has 1 aromatic heterocycles. The standard InChI is InChI=1S/C14H14F2N2O/c1-9(17)14(13-4-2-3-7-18-13)19-10-5-6-11(15)12(16)8-10/h2-9,14H,17H2,1H3. The summed E-state index contributed by atoms with van der Waals surface area (Å²) in [6.45, 7) is 1.76. The van der Waals surface area contributed by atoms with E-state index in [4.69, 9.17) is 10.5 Å². The van der Waals surface area contributed by atoms with Crippen molar-refractivity contribution in [2.45, 2.75) is 19.1 Å². The van der Waals surface area contributed by atoms with Crippen LogP contribution in [-0.2, 0) is 0 Å². The van der Waals surface area contributed by atoms with Gasteiger partial charge in [-0.25, -0.2) is 8.78 Å². The molecular weight excluding hydrogens is 250 g/mol. The van der Waals surface area contributed by atoms with Crippen LogP contribution in [0.15, 0.2) is 42.6 Å². The summed E-state index contributed by atoms with van der Waals surface area (Å²) in [6, 6.07) is 8.38. The highest BCUT2D eigenvalue weighted by Crippen LogP contribution is 2.24. The minimum absolute atomic E-state index is 0.215. The van der Waals surface area contributed by atoms with E-state index in [1.54, 1.807) is 25.3 Å². The second-order valence-electron chi connectivity index (χ2n) is 4.23. The Morgan fingerprint density at radius 1 is 1.16 bits per heavy atom. The first kappa shape index (κ1) is 13.4. The van der Waals surface area contributed by atoms with Gasteiger partial charge in [-0.15, -0.1) is 0 Å². The van der Waals surface area contributed by atoms with E-state index in [0.717, 1.165) is 12.1 Å². The van der Waals surface area contributed by atoms with Crippen LogP contribution in [0.25, 0.3) is 0 Å². The van der Waals surface area contributed by atoms with Gasteiger partial charge in [0, 0.05) is 18.3 Å². The minimum atomic E-state index is -0.957. The molecule has 3 nitrogen and oxygen atoms in total. The van der Waals surface area contributed by atoms with Gasteiger partial charge < -0.3 is 10.5 Å². The lowest BCUT2D eigenvalue weighted by Gasteiger charge is -2.22. The first-order valence-electron chi connectivity index (χ1n) is 5.86. The van der Waals surface area contributed by atoms with Gasteiger partial charge in [0.15, 0.2) is 17.7 Å². The molecule has 1 aromatic carbocycles. The van der Waals surface area contributed by atoms with E-state index in [-0.39, 0.29) is 11.8 Å². The fourth-order valence-electron chi connectivity index (χ4n) is 1.68. The molecule has 0 spiro atoms. The van der Waals surface area contributed by atoms with E-state index in [1.807, 2.05) is 6.07 Å². The lowest BCUT2D eigenvalue weighted by atomic mass is 10.1. The van der Waals surface area contributed by atoms with Crippen LogP contribution in [0.3, 0.4) is 0 Å². The Morgan fingerprint density at radius 3 is 2.53 bits per heavy atom. The molecule has 0 saturated carbocycles. The molecule has 2 atom stereocenters.